The number of aliphatic carboxylic acids is 1. The average Bonchev–Trinajstić information content (AvgIpc) is 2.42. The molecule has 0 saturated carbocycles. The van der Waals surface area contributed by atoms with Gasteiger partial charge in [-0.1, -0.05) is 0 Å². The molecule has 0 radical (unpaired) electrons. The van der Waals surface area contributed by atoms with Crippen LogP contribution in [0.1, 0.15) is 37.2 Å². The van der Waals surface area contributed by atoms with Crippen LogP contribution in [-0.2, 0) is 4.79 Å². The molecular formula is C9H11BrF2N2O2. The van der Waals surface area contributed by atoms with E-state index in [4.69, 9.17) is 5.11 Å². The van der Waals surface area contributed by atoms with E-state index in [9.17, 15) is 13.6 Å². The Morgan fingerprint density at radius 3 is 2.62 bits per heavy atom. The van der Waals surface area contributed by atoms with Crippen LogP contribution in [0, 0.1) is 6.92 Å². The number of halogens is 3. The van der Waals surface area contributed by atoms with Gasteiger partial charge in [-0.15, -0.1) is 0 Å². The van der Waals surface area contributed by atoms with E-state index in [2.05, 4.69) is 21.0 Å². The molecule has 7 heteroatoms. The van der Waals surface area contributed by atoms with Crippen molar-refractivity contribution in [1.29, 1.82) is 0 Å². The minimum absolute atomic E-state index is 0.236. The normalized spacial score (nSPS) is 13.1. The molecule has 0 saturated heterocycles. The molecule has 0 bridgehead atoms. The first kappa shape index (κ1) is 13.1. The molecule has 0 aliphatic heterocycles. The molecule has 4 nitrogen and oxygen atoms in total. The van der Waals surface area contributed by atoms with E-state index >= 15 is 0 Å². The summed E-state index contributed by atoms with van der Waals surface area (Å²) in [5.41, 5.74) is 0.152. The van der Waals surface area contributed by atoms with Crippen LogP contribution in [0.15, 0.2) is 4.47 Å². The summed E-state index contributed by atoms with van der Waals surface area (Å²) < 4.78 is 26.8. The van der Waals surface area contributed by atoms with Crippen molar-refractivity contribution in [3.8, 4) is 0 Å². The number of aromatic nitrogens is 2. The average molecular weight is 297 g/mol. The summed E-state index contributed by atoms with van der Waals surface area (Å²) in [6.45, 7) is 3.12. The highest BCUT2D eigenvalue weighted by atomic mass is 79.9. The van der Waals surface area contributed by atoms with E-state index in [1.165, 1.54) is 0 Å². The minimum Gasteiger partial charge on any atom is -0.481 e. The largest absolute Gasteiger partial charge is 0.481 e. The van der Waals surface area contributed by atoms with Crippen molar-refractivity contribution in [1.82, 2.24) is 9.78 Å². The van der Waals surface area contributed by atoms with E-state index in [0.717, 1.165) is 4.68 Å². The minimum atomic E-state index is -2.69. The molecular weight excluding hydrogens is 286 g/mol. The zero-order chi connectivity index (χ0) is 12.5. The van der Waals surface area contributed by atoms with Crippen LogP contribution >= 0.6 is 15.9 Å². The Hall–Kier alpha value is -0.980. The van der Waals surface area contributed by atoms with Gasteiger partial charge in [0.2, 0.25) is 0 Å². The highest BCUT2D eigenvalue weighted by molar-refractivity contribution is 9.10. The van der Waals surface area contributed by atoms with Gasteiger partial charge in [-0.05, 0) is 29.8 Å². The molecule has 0 spiro atoms. The molecule has 16 heavy (non-hydrogen) atoms. The van der Waals surface area contributed by atoms with Gasteiger partial charge in [0, 0.05) is 0 Å². The number of hydrogen-bond acceptors (Lipinski definition) is 2. The highest BCUT2D eigenvalue weighted by Gasteiger charge is 2.25. The molecule has 1 aromatic rings. The van der Waals surface area contributed by atoms with Crippen LogP contribution in [0.2, 0.25) is 0 Å². The lowest BCUT2D eigenvalue weighted by molar-refractivity contribution is -0.137. The topological polar surface area (TPSA) is 55.1 Å². The van der Waals surface area contributed by atoms with Gasteiger partial charge in [-0.2, -0.15) is 5.10 Å². The van der Waals surface area contributed by atoms with Gasteiger partial charge in [0.1, 0.15) is 5.69 Å². The van der Waals surface area contributed by atoms with Gasteiger partial charge in [0.15, 0.2) is 0 Å². The Morgan fingerprint density at radius 2 is 2.19 bits per heavy atom. The first-order valence-corrected chi connectivity index (χ1v) is 5.38. The van der Waals surface area contributed by atoms with Crippen molar-refractivity contribution < 1.29 is 18.7 Å². The third kappa shape index (κ3) is 2.58. The fourth-order valence-electron chi connectivity index (χ4n) is 1.42. The number of nitrogens with zero attached hydrogens (tertiary/aromatic N) is 2. The molecule has 0 aliphatic rings. The van der Waals surface area contributed by atoms with Gasteiger partial charge >= 0.3 is 5.97 Å². The second-order valence-electron chi connectivity index (χ2n) is 3.48. The third-order valence-electron chi connectivity index (χ3n) is 2.14. The molecule has 0 fully saturated rings. The number of carboxylic acid groups (broad SMARTS) is 1. The second-order valence-corrected chi connectivity index (χ2v) is 4.27. The van der Waals surface area contributed by atoms with Crippen molar-refractivity contribution >= 4 is 21.9 Å². The van der Waals surface area contributed by atoms with Crippen LogP contribution < -0.4 is 0 Å². The summed E-state index contributed by atoms with van der Waals surface area (Å²) in [6, 6.07) is -0.605. The summed E-state index contributed by atoms with van der Waals surface area (Å²) in [5, 5.41) is 12.5. The van der Waals surface area contributed by atoms with E-state index in [1.54, 1.807) is 13.8 Å². The number of carboxylic acids is 1. The monoisotopic (exact) mass is 296 g/mol. The van der Waals surface area contributed by atoms with Gasteiger partial charge < -0.3 is 5.11 Å². The second kappa shape index (κ2) is 4.90. The molecule has 1 atom stereocenters. The van der Waals surface area contributed by atoms with Gasteiger partial charge in [0.25, 0.3) is 6.43 Å². The van der Waals surface area contributed by atoms with E-state index < -0.39 is 18.4 Å². The summed E-state index contributed by atoms with van der Waals surface area (Å²) in [6.07, 6.45) is -2.93. The molecule has 0 aromatic carbocycles. The molecule has 0 amide bonds. The lowest BCUT2D eigenvalue weighted by Crippen LogP contribution is -2.15. The number of alkyl halides is 2. The van der Waals surface area contributed by atoms with Crippen LogP contribution in [0.3, 0.4) is 0 Å². The van der Waals surface area contributed by atoms with Gasteiger partial charge in [-0.25, -0.2) is 8.78 Å². The number of carbonyl (C=O) groups is 1. The van der Waals surface area contributed by atoms with Gasteiger partial charge in [0.05, 0.1) is 22.6 Å². The maximum absolute atomic E-state index is 12.8. The number of rotatable bonds is 4. The zero-order valence-electron chi connectivity index (χ0n) is 8.75. The van der Waals surface area contributed by atoms with E-state index in [0.29, 0.717) is 5.69 Å². The maximum Gasteiger partial charge on any atom is 0.305 e. The fraction of sp³-hybridized carbons (Fsp3) is 0.556. The van der Waals surface area contributed by atoms with Crippen molar-refractivity contribution in [3.05, 3.63) is 15.9 Å². The van der Waals surface area contributed by atoms with Crippen LogP contribution in [0.25, 0.3) is 0 Å². The summed E-state index contributed by atoms with van der Waals surface area (Å²) >= 11 is 3.03. The molecule has 1 rings (SSSR count). The van der Waals surface area contributed by atoms with E-state index in [-0.39, 0.29) is 16.6 Å². The molecule has 0 unspecified atom stereocenters. The smallest absolute Gasteiger partial charge is 0.305 e. The fourth-order valence-corrected chi connectivity index (χ4v) is 1.85. The number of aryl methyl sites for hydroxylation is 1. The van der Waals surface area contributed by atoms with Crippen molar-refractivity contribution in [2.45, 2.75) is 32.7 Å². The summed E-state index contributed by atoms with van der Waals surface area (Å²) in [4.78, 5) is 10.5. The first-order chi connectivity index (χ1) is 7.34. The summed E-state index contributed by atoms with van der Waals surface area (Å²) in [7, 11) is 0. The van der Waals surface area contributed by atoms with Crippen molar-refractivity contribution in [3.63, 3.8) is 0 Å². The van der Waals surface area contributed by atoms with Crippen molar-refractivity contribution in [2.24, 2.45) is 0 Å². The maximum atomic E-state index is 12.8. The lowest BCUT2D eigenvalue weighted by atomic mass is 10.2. The first-order valence-electron chi connectivity index (χ1n) is 4.59. The van der Waals surface area contributed by atoms with Crippen LogP contribution in [0.5, 0.6) is 0 Å². The standard InChI is InChI=1S/C9H11BrF2N2O2/c1-4(3-6(15)16)14-8(9(11)12)7(10)5(2)13-14/h4,9H,3H2,1-2H3,(H,15,16)/t4-/m1/s1. The molecule has 90 valence electrons. The molecule has 1 heterocycles. The van der Waals surface area contributed by atoms with Crippen molar-refractivity contribution in [2.75, 3.05) is 0 Å². The molecule has 1 N–H and O–H groups in total. The Morgan fingerprint density at radius 1 is 1.62 bits per heavy atom. The van der Waals surface area contributed by atoms with Gasteiger partial charge in [-0.3, -0.25) is 9.48 Å². The SMILES string of the molecule is Cc1nn([C@H](C)CC(=O)O)c(C(F)F)c1Br. The Bertz CT molecular complexity index is 406. The quantitative estimate of drug-likeness (QED) is 0.929. The van der Waals surface area contributed by atoms with Crippen LogP contribution in [0.4, 0.5) is 8.78 Å². The Labute approximate surface area is 99.4 Å². The molecule has 1 aromatic heterocycles. The zero-order valence-corrected chi connectivity index (χ0v) is 10.3. The Kier molecular flexibility index (Phi) is 4.01. The predicted molar refractivity (Wildman–Crippen MR) is 56.6 cm³/mol. The highest BCUT2D eigenvalue weighted by Crippen LogP contribution is 2.32. The number of hydrogen-bond donors (Lipinski definition) is 1. The Balaban J connectivity index is 3.12. The summed E-state index contributed by atoms with van der Waals surface area (Å²) in [5.74, 6) is -1.04. The third-order valence-corrected chi connectivity index (χ3v) is 3.12. The van der Waals surface area contributed by atoms with E-state index in [1.807, 2.05) is 0 Å². The molecule has 0 aliphatic carbocycles. The predicted octanol–water partition coefficient (Wildman–Crippen LogP) is 2.93. The van der Waals surface area contributed by atoms with Crippen LogP contribution in [-0.4, -0.2) is 20.9 Å². The lowest BCUT2D eigenvalue weighted by Gasteiger charge is -2.13.